The molecule has 1 aromatic carbocycles. The molecule has 0 spiro atoms. The Labute approximate surface area is 131 Å². The van der Waals surface area contributed by atoms with E-state index >= 15 is 0 Å². The number of hydrogen-bond donors (Lipinski definition) is 0. The van der Waals surface area contributed by atoms with Gasteiger partial charge in [0.2, 0.25) is 0 Å². The van der Waals surface area contributed by atoms with E-state index < -0.39 is 27.2 Å². The van der Waals surface area contributed by atoms with Crippen LogP contribution in [0.4, 0.5) is 13.2 Å². The zero-order valence-electron chi connectivity index (χ0n) is 12.3. The molecule has 0 bridgehead atoms. The second-order valence-corrected chi connectivity index (χ2v) is 5.97. The summed E-state index contributed by atoms with van der Waals surface area (Å²) in [5.74, 6) is -1.13. The fraction of sp³-hybridized carbons (Fsp3) is 0.462. The standard InChI is InChI=1S/C13H15F3O6S/c1-9(17)10-6-11(21-5-3-4-20-2)8-12(7-10)22-23(18,19)13(14,15)16/h6-8H,3-5H2,1-2H3. The van der Waals surface area contributed by atoms with Crippen molar-refractivity contribution in [2.24, 2.45) is 0 Å². The number of methoxy groups -OCH3 is 1. The molecule has 0 fully saturated rings. The van der Waals surface area contributed by atoms with E-state index in [-0.39, 0.29) is 17.9 Å². The van der Waals surface area contributed by atoms with E-state index in [4.69, 9.17) is 9.47 Å². The molecule has 1 aromatic rings. The Morgan fingerprint density at radius 3 is 2.26 bits per heavy atom. The molecule has 6 nitrogen and oxygen atoms in total. The van der Waals surface area contributed by atoms with Crippen LogP contribution >= 0.6 is 0 Å². The molecule has 0 saturated heterocycles. The normalized spacial score (nSPS) is 12.0. The van der Waals surface area contributed by atoms with E-state index in [1.807, 2.05) is 0 Å². The first-order valence-corrected chi connectivity index (χ1v) is 7.76. The molecule has 23 heavy (non-hydrogen) atoms. The smallest absolute Gasteiger partial charge is 0.493 e. The van der Waals surface area contributed by atoms with Gasteiger partial charge in [0.15, 0.2) is 5.78 Å². The number of Topliss-reactive ketones (excluding diaryl/α,β-unsaturated/α-hetero) is 1. The number of ether oxygens (including phenoxy) is 2. The molecule has 0 aliphatic carbocycles. The quantitative estimate of drug-likeness (QED) is 0.308. The SMILES string of the molecule is COCCCOc1cc(OS(=O)(=O)C(F)(F)F)cc(C(C)=O)c1. The summed E-state index contributed by atoms with van der Waals surface area (Å²) in [6, 6.07) is 3.14. The maximum Gasteiger partial charge on any atom is 0.534 e. The molecule has 0 aliphatic rings. The van der Waals surface area contributed by atoms with Crippen molar-refractivity contribution in [3.05, 3.63) is 23.8 Å². The van der Waals surface area contributed by atoms with Gasteiger partial charge in [-0.15, -0.1) is 0 Å². The highest BCUT2D eigenvalue weighted by Gasteiger charge is 2.48. The summed E-state index contributed by atoms with van der Waals surface area (Å²) in [5.41, 5.74) is -5.61. The van der Waals surface area contributed by atoms with Gasteiger partial charge < -0.3 is 13.7 Å². The lowest BCUT2D eigenvalue weighted by Gasteiger charge is -2.12. The zero-order chi connectivity index (χ0) is 17.7. The zero-order valence-corrected chi connectivity index (χ0v) is 13.2. The summed E-state index contributed by atoms with van der Waals surface area (Å²) in [6.45, 7) is 1.74. The number of carbonyl (C=O) groups is 1. The van der Waals surface area contributed by atoms with E-state index in [1.165, 1.54) is 20.1 Å². The van der Waals surface area contributed by atoms with Crippen LogP contribution in [0, 0.1) is 0 Å². The first-order chi connectivity index (χ1) is 10.6. The minimum Gasteiger partial charge on any atom is -0.493 e. The van der Waals surface area contributed by atoms with Crippen LogP contribution in [-0.4, -0.2) is 40.0 Å². The predicted molar refractivity (Wildman–Crippen MR) is 74.0 cm³/mol. The Morgan fingerprint density at radius 1 is 1.13 bits per heavy atom. The van der Waals surface area contributed by atoms with Gasteiger partial charge >= 0.3 is 15.6 Å². The fourth-order valence-corrected chi connectivity index (χ4v) is 1.92. The maximum absolute atomic E-state index is 12.3. The van der Waals surface area contributed by atoms with Crippen LogP contribution in [-0.2, 0) is 14.9 Å². The van der Waals surface area contributed by atoms with Crippen LogP contribution in [0.25, 0.3) is 0 Å². The number of benzene rings is 1. The van der Waals surface area contributed by atoms with Crippen LogP contribution < -0.4 is 8.92 Å². The van der Waals surface area contributed by atoms with Gasteiger partial charge in [-0.05, 0) is 19.1 Å². The first kappa shape index (κ1) is 19.2. The Morgan fingerprint density at radius 2 is 1.74 bits per heavy atom. The van der Waals surface area contributed by atoms with Gasteiger partial charge in [-0.3, -0.25) is 4.79 Å². The highest BCUT2D eigenvalue weighted by atomic mass is 32.2. The van der Waals surface area contributed by atoms with Gasteiger partial charge in [0.1, 0.15) is 11.5 Å². The van der Waals surface area contributed by atoms with Gasteiger partial charge in [0.25, 0.3) is 0 Å². The third-order valence-corrected chi connectivity index (χ3v) is 3.52. The Kier molecular flexibility index (Phi) is 6.39. The molecule has 0 aromatic heterocycles. The Balaban J connectivity index is 3.03. The van der Waals surface area contributed by atoms with Crippen molar-refractivity contribution in [1.29, 1.82) is 0 Å². The molecule has 0 aliphatic heterocycles. The molecule has 0 saturated carbocycles. The van der Waals surface area contributed by atoms with Gasteiger partial charge in [0, 0.05) is 31.8 Å². The summed E-state index contributed by atoms with van der Waals surface area (Å²) < 4.78 is 73.1. The summed E-state index contributed by atoms with van der Waals surface area (Å²) in [5, 5.41) is 0. The summed E-state index contributed by atoms with van der Waals surface area (Å²) in [6.07, 6.45) is 0.498. The highest BCUT2D eigenvalue weighted by Crippen LogP contribution is 2.30. The summed E-state index contributed by atoms with van der Waals surface area (Å²) in [7, 11) is -4.34. The van der Waals surface area contributed by atoms with Crippen molar-refractivity contribution >= 4 is 15.9 Å². The van der Waals surface area contributed by atoms with E-state index in [0.29, 0.717) is 13.0 Å². The summed E-state index contributed by atoms with van der Waals surface area (Å²) >= 11 is 0. The monoisotopic (exact) mass is 356 g/mol. The molecule has 1 rings (SSSR count). The second kappa shape index (κ2) is 7.64. The molecule has 0 radical (unpaired) electrons. The molecule has 0 N–H and O–H groups in total. The number of halogens is 3. The molecular formula is C13H15F3O6S. The van der Waals surface area contributed by atoms with Crippen LogP contribution in [0.3, 0.4) is 0 Å². The lowest BCUT2D eigenvalue weighted by Crippen LogP contribution is -2.28. The average Bonchev–Trinajstić information content (AvgIpc) is 2.41. The van der Waals surface area contributed by atoms with Gasteiger partial charge in [-0.25, -0.2) is 0 Å². The molecular weight excluding hydrogens is 341 g/mol. The van der Waals surface area contributed by atoms with E-state index in [0.717, 1.165) is 12.1 Å². The third-order valence-electron chi connectivity index (χ3n) is 2.54. The number of ketones is 1. The van der Waals surface area contributed by atoms with Crippen LogP contribution in [0.1, 0.15) is 23.7 Å². The maximum atomic E-state index is 12.3. The van der Waals surface area contributed by atoms with E-state index in [1.54, 1.807) is 0 Å². The average molecular weight is 356 g/mol. The molecule has 0 heterocycles. The summed E-state index contributed by atoms with van der Waals surface area (Å²) in [4.78, 5) is 11.4. The van der Waals surface area contributed by atoms with Crippen molar-refractivity contribution in [3.8, 4) is 11.5 Å². The number of carbonyl (C=O) groups excluding carboxylic acids is 1. The van der Waals surface area contributed by atoms with Crippen LogP contribution in [0.15, 0.2) is 18.2 Å². The number of alkyl halides is 3. The molecule has 10 heteroatoms. The van der Waals surface area contributed by atoms with Crippen LogP contribution in [0.2, 0.25) is 0 Å². The highest BCUT2D eigenvalue weighted by molar-refractivity contribution is 7.88. The molecule has 0 amide bonds. The van der Waals surface area contributed by atoms with Gasteiger partial charge in [0.05, 0.1) is 6.61 Å². The largest absolute Gasteiger partial charge is 0.534 e. The molecule has 0 unspecified atom stereocenters. The second-order valence-electron chi connectivity index (χ2n) is 4.43. The van der Waals surface area contributed by atoms with E-state index in [2.05, 4.69) is 4.18 Å². The topological polar surface area (TPSA) is 78.9 Å². The van der Waals surface area contributed by atoms with Crippen LogP contribution in [0.5, 0.6) is 11.5 Å². The van der Waals surface area contributed by atoms with Crippen molar-refractivity contribution in [2.45, 2.75) is 18.9 Å². The Bertz CT molecular complexity index is 654. The number of rotatable bonds is 8. The third kappa shape index (κ3) is 5.71. The fourth-order valence-electron chi connectivity index (χ4n) is 1.47. The van der Waals surface area contributed by atoms with E-state index in [9.17, 15) is 26.4 Å². The minimum absolute atomic E-state index is 0.0150. The Hall–Kier alpha value is -1.81. The lowest BCUT2D eigenvalue weighted by molar-refractivity contribution is -0.0500. The molecule has 0 atom stereocenters. The van der Waals surface area contributed by atoms with Crippen molar-refractivity contribution in [1.82, 2.24) is 0 Å². The first-order valence-electron chi connectivity index (χ1n) is 6.35. The van der Waals surface area contributed by atoms with Gasteiger partial charge in [-0.2, -0.15) is 21.6 Å². The number of hydrogen-bond acceptors (Lipinski definition) is 6. The lowest BCUT2D eigenvalue weighted by atomic mass is 10.1. The van der Waals surface area contributed by atoms with Gasteiger partial charge in [-0.1, -0.05) is 0 Å². The van der Waals surface area contributed by atoms with Crippen molar-refractivity contribution < 1.29 is 40.0 Å². The van der Waals surface area contributed by atoms with Crippen molar-refractivity contribution in [2.75, 3.05) is 20.3 Å². The minimum atomic E-state index is -5.83. The molecule has 130 valence electrons. The predicted octanol–water partition coefficient (Wildman–Crippen LogP) is 2.53. The van der Waals surface area contributed by atoms with Crippen molar-refractivity contribution in [3.63, 3.8) is 0 Å².